The number of rotatable bonds is 3. The van der Waals surface area contributed by atoms with Gasteiger partial charge in [0.2, 0.25) is 0 Å². The highest BCUT2D eigenvalue weighted by Crippen LogP contribution is 2.51. The van der Waals surface area contributed by atoms with E-state index in [0.29, 0.717) is 23.6 Å². The number of hydrazone groups is 1. The van der Waals surface area contributed by atoms with Crippen molar-refractivity contribution in [1.82, 2.24) is 0 Å². The second-order valence-corrected chi connectivity index (χ2v) is 8.74. The Bertz CT molecular complexity index is 1200. The van der Waals surface area contributed by atoms with E-state index in [4.69, 9.17) is 5.10 Å². The lowest BCUT2D eigenvalue weighted by Crippen LogP contribution is -2.45. The van der Waals surface area contributed by atoms with E-state index in [1.807, 2.05) is 59.6 Å². The van der Waals surface area contributed by atoms with Gasteiger partial charge in [-0.2, -0.15) is 18.3 Å². The number of amides is 1. The van der Waals surface area contributed by atoms with E-state index in [9.17, 15) is 18.0 Å². The molecule has 1 atom stereocenters. The molecular weight excluding hydrogens is 435 g/mol. The third-order valence-electron chi connectivity index (χ3n) is 5.69. The molecule has 0 spiro atoms. The maximum Gasteiger partial charge on any atom is 0.416 e. The van der Waals surface area contributed by atoms with Gasteiger partial charge in [0.1, 0.15) is 11.3 Å². The summed E-state index contributed by atoms with van der Waals surface area (Å²) < 4.78 is 38.4. The fourth-order valence-corrected chi connectivity index (χ4v) is 5.34. The van der Waals surface area contributed by atoms with Gasteiger partial charge >= 0.3 is 6.18 Å². The third-order valence-corrected chi connectivity index (χ3v) is 6.97. The minimum Gasteiger partial charge on any atom is -0.321 e. The molecule has 1 unspecified atom stereocenters. The molecule has 8 heteroatoms. The van der Waals surface area contributed by atoms with Crippen LogP contribution >= 0.6 is 11.8 Å². The summed E-state index contributed by atoms with van der Waals surface area (Å²) in [7, 11) is 0. The van der Waals surface area contributed by atoms with Gasteiger partial charge in [0.05, 0.1) is 11.3 Å². The predicted molar refractivity (Wildman–Crippen MR) is 120 cm³/mol. The van der Waals surface area contributed by atoms with Crippen LogP contribution in [0, 0.1) is 0 Å². The molecule has 2 aliphatic rings. The normalized spacial score (nSPS) is 19.7. The van der Waals surface area contributed by atoms with Crippen molar-refractivity contribution in [3.8, 4) is 0 Å². The molecule has 1 N–H and O–H groups in total. The van der Waals surface area contributed by atoms with Crippen LogP contribution in [-0.4, -0.2) is 17.4 Å². The minimum absolute atomic E-state index is 0.291. The zero-order chi connectivity index (χ0) is 22.3. The van der Waals surface area contributed by atoms with Gasteiger partial charge in [0, 0.05) is 22.8 Å². The number of benzene rings is 3. The monoisotopic (exact) mass is 453 g/mol. The Balaban J connectivity index is 1.46. The van der Waals surface area contributed by atoms with Crippen LogP contribution in [0.4, 0.5) is 24.5 Å². The first kappa shape index (κ1) is 20.6. The van der Waals surface area contributed by atoms with Crippen LogP contribution in [0.2, 0.25) is 0 Å². The van der Waals surface area contributed by atoms with Gasteiger partial charge in [-0.1, -0.05) is 42.5 Å². The Labute approximate surface area is 187 Å². The molecule has 4 nitrogen and oxygen atoms in total. The summed E-state index contributed by atoms with van der Waals surface area (Å²) in [6.07, 6.45) is -4.03. The highest BCUT2D eigenvalue weighted by molar-refractivity contribution is 7.99. The van der Waals surface area contributed by atoms with Crippen molar-refractivity contribution in [1.29, 1.82) is 0 Å². The Hall–Kier alpha value is -3.26. The lowest BCUT2D eigenvalue weighted by Gasteiger charge is -2.42. The molecule has 3 aromatic carbocycles. The largest absolute Gasteiger partial charge is 0.416 e. The number of hydrogen-bond acceptors (Lipinski definition) is 4. The van der Waals surface area contributed by atoms with Crippen LogP contribution < -0.4 is 10.3 Å². The summed E-state index contributed by atoms with van der Waals surface area (Å²) in [6, 6.07) is 22.3. The predicted octanol–water partition coefficient (Wildman–Crippen LogP) is 5.91. The number of thioether (sulfide) groups is 1. The molecule has 0 fully saturated rings. The van der Waals surface area contributed by atoms with Crippen LogP contribution in [0.15, 0.2) is 88.9 Å². The standard InChI is InChI=1S/C24H18F3N3OS/c25-24(26,27)17-10-12-18(13-11-17)28-22(31)19-14-23(16-6-2-1-3-7-16)15-32-21-9-5-4-8-20(21)30(23)29-19/h1-13H,14-15H2,(H,28,31). The molecule has 32 heavy (non-hydrogen) atoms. The number of nitrogens with one attached hydrogen (secondary N) is 1. The van der Waals surface area contributed by atoms with Crippen molar-refractivity contribution in [2.45, 2.75) is 23.0 Å². The van der Waals surface area contributed by atoms with E-state index >= 15 is 0 Å². The smallest absolute Gasteiger partial charge is 0.321 e. The second-order valence-electron chi connectivity index (χ2n) is 7.72. The number of para-hydroxylation sites is 1. The van der Waals surface area contributed by atoms with Gasteiger partial charge in [-0.3, -0.25) is 9.80 Å². The van der Waals surface area contributed by atoms with Gasteiger partial charge in [-0.15, -0.1) is 11.8 Å². The van der Waals surface area contributed by atoms with Crippen LogP contribution in [-0.2, 0) is 16.5 Å². The summed E-state index contributed by atoms with van der Waals surface area (Å²) in [4.78, 5) is 14.1. The first-order valence-electron chi connectivity index (χ1n) is 10.0. The van der Waals surface area contributed by atoms with Crippen LogP contribution in [0.3, 0.4) is 0 Å². The van der Waals surface area contributed by atoms with Crippen molar-refractivity contribution < 1.29 is 18.0 Å². The van der Waals surface area contributed by atoms with Crippen LogP contribution in [0.25, 0.3) is 0 Å². The summed E-state index contributed by atoms with van der Waals surface area (Å²) in [6.45, 7) is 0. The fourth-order valence-electron chi connectivity index (χ4n) is 4.08. The van der Waals surface area contributed by atoms with Gasteiger partial charge in [-0.25, -0.2) is 0 Å². The maximum atomic E-state index is 13.0. The van der Waals surface area contributed by atoms with Gasteiger partial charge in [0.15, 0.2) is 0 Å². The first-order chi connectivity index (χ1) is 15.4. The molecule has 0 bridgehead atoms. The van der Waals surface area contributed by atoms with E-state index in [0.717, 1.165) is 28.3 Å². The SMILES string of the molecule is O=C(Nc1ccc(C(F)(F)F)cc1)C1=NN2c3ccccc3SCC2(c2ccccc2)C1. The molecule has 5 rings (SSSR count). The topological polar surface area (TPSA) is 44.7 Å². The summed E-state index contributed by atoms with van der Waals surface area (Å²) in [5, 5.41) is 9.32. The van der Waals surface area contributed by atoms with E-state index in [1.165, 1.54) is 12.1 Å². The van der Waals surface area contributed by atoms with Crippen molar-refractivity contribution in [3.63, 3.8) is 0 Å². The molecule has 0 radical (unpaired) electrons. The van der Waals surface area contributed by atoms with Crippen LogP contribution in [0.1, 0.15) is 17.5 Å². The second kappa shape index (κ2) is 7.70. The number of hydrogen-bond donors (Lipinski definition) is 1. The summed E-state index contributed by atoms with van der Waals surface area (Å²) in [5.41, 5.74) is 1.35. The Morgan fingerprint density at radius 2 is 1.66 bits per heavy atom. The summed E-state index contributed by atoms with van der Waals surface area (Å²) in [5.74, 6) is 0.297. The molecule has 0 saturated heterocycles. The van der Waals surface area contributed by atoms with Gasteiger partial charge < -0.3 is 5.32 Å². The van der Waals surface area contributed by atoms with Crippen molar-refractivity contribution in [3.05, 3.63) is 90.0 Å². The average Bonchev–Trinajstić information content (AvgIpc) is 3.21. The molecule has 2 heterocycles. The number of anilines is 2. The quantitative estimate of drug-likeness (QED) is 0.536. The van der Waals surface area contributed by atoms with E-state index in [1.54, 1.807) is 11.8 Å². The minimum atomic E-state index is -4.42. The third kappa shape index (κ3) is 3.54. The lowest BCUT2D eigenvalue weighted by atomic mass is 9.86. The lowest BCUT2D eigenvalue weighted by molar-refractivity contribution is -0.137. The van der Waals surface area contributed by atoms with Crippen molar-refractivity contribution in [2.75, 3.05) is 16.1 Å². The molecule has 0 aromatic heterocycles. The Morgan fingerprint density at radius 1 is 0.969 bits per heavy atom. The maximum absolute atomic E-state index is 13.0. The van der Waals surface area contributed by atoms with Crippen molar-refractivity contribution >= 4 is 34.8 Å². The van der Waals surface area contributed by atoms with Crippen LogP contribution in [0.5, 0.6) is 0 Å². The first-order valence-corrected chi connectivity index (χ1v) is 11.0. The zero-order valence-electron chi connectivity index (χ0n) is 16.8. The molecule has 0 saturated carbocycles. The molecule has 2 aliphatic heterocycles. The highest BCUT2D eigenvalue weighted by atomic mass is 32.2. The molecule has 0 aliphatic carbocycles. The number of fused-ring (bicyclic) bond motifs is 3. The number of nitrogens with zero attached hydrogens (tertiary/aromatic N) is 2. The number of alkyl halides is 3. The molecule has 162 valence electrons. The van der Waals surface area contributed by atoms with Crippen molar-refractivity contribution in [2.24, 2.45) is 5.10 Å². The number of carbonyl (C=O) groups excluding carboxylic acids is 1. The Morgan fingerprint density at radius 3 is 2.38 bits per heavy atom. The number of carbonyl (C=O) groups is 1. The average molecular weight is 453 g/mol. The van der Waals surface area contributed by atoms with E-state index < -0.39 is 23.2 Å². The molecular formula is C24H18F3N3OS. The number of halogens is 3. The highest BCUT2D eigenvalue weighted by Gasteiger charge is 2.49. The van der Waals surface area contributed by atoms with E-state index in [2.05, 4.69) is 5.32 Å². The van der Waals surface area contributed by atoms with E-state index in [-0.39, 0.29) is 0 Å². The zero-order valence-corrected chi connectivity index (χ0v) is 17.6. The molecule has 3 aromatic rings. The summed E-state index contributed by atoms with van der Waals surface area (Å²) >= 11 is 1.73. The van der Waals surface area contributed by atoms with Gasteiger partial charge in [-0.05, 0) is 42.0 Å². The Kier molecular flexibility index (Phi) is 4.97. The molecule has 1 amide bonds. The van der Waals surface area contributed by atoms with Gasteiger partial charge in [0.25, 0.3) is 5.91 Å². The fraction of sp³-hybridized carbons (Fsp3) is 0.167.